The fraction of sp³-hybridized carbons (Fsp3) is 0.316. The van der Waals surface area contributed by atoms with Crippen LogP contribution in [0.15, 0.2) is 48.5 Å². The number of amides is 1. The maximum absolute atomic E-state index is 14.2. The summed E-state index contributed by atoms with van der Waals surface area (Å²) < 4.78 is 44.7. The van der Waals surface area contributed by atoms with E-state index in [4.69, 9.17) is 4.74 Å². The molecule has 0 bridgehead atoms. The van der Waals surface area contributed by atoms with E-state index in [1.807, 2.05) is 12.1 Å². The van der Waals surface area contributed by atoms with Crippen molar-refractivity contribution in [3.05, 3.63) is 59.9 Å². The molecule has 2 aromatic carbocycles. The molecule has 0 fully saturated rings. The van der Waals surface area contributed by atoms with Crippen LogP contribution in [0.2, 0.25) is 0 Å². The molecule has 2 aromatic rings. The second-order valence-electron chi connectivity index (χ2n) is 6.16. The maximum Gasteiger partial charge on any atom is 0.244 e. The number of hydrogen-bond acceptors (Lipinski definition) is 4. The first kappa shape index (κ1) is 20.7. The lowest BCUT2D eigenvalue weighted by Crippen LogP contribution is -2.48. The standard InChI is InChI=1S/C19H23FN2O4S/c1-13(15-9-5-8-12-18(15)26-3)21-19(23)14(2)22(27(4,24)25)17-11-7-6-10-16(17)20/h5-14H,1-4H3,(H,21,23). The quantitative estimate of drug-likeness (QED) is 0.784. The van der Waals surface area contributed by atoms with E-state index >= 15 is 0 Å². The zero-order chi connectivity index (χ0) is 20.2. The molecule has 2 rings (SSSR count). The van der Waals surface area contributed by atoms with Gasteiger partial charge in [0.15, 0.2) is 0 Å². The fourth-order valence-corrected chi connectivity index (χ4v) is 4.02. The van der Waals surface area contributed by atoms with Crippen LogP contribution < -0.4 is 14.4 Å². The first-order valence-electron chi connectivity index (χ1n) is 8.34. The molecule has 0 spiro atoms. The summed E-state index contributed by atoms with van der Waals surface area (Å²) in [5, 5.41) is 2.76. The van der Waals surface area contributed by atoms with Crippen LogP contribution in [0.25, 0.3) is 0 Å². The zero-order valence-electron chi connectivity index (χ0n) is 15.6. The Morgan fingerprint density at radius 2 is 1.70 bits per heavy atom. The van der Waals surface area contributed by atoms with Crippen molar-refractivity contribution in [1.82, 2.24) is 5.32 Å². The summed E-state index contributed by atoms with van der Waals surface area (Å²) in [4.78, 5) is 12.7. The van der Waals surface area contributed by atoms with Crippen LogP contribution in [0, 0.1) is 5.82 Å². The molecule has 27 heavy (non-hydrogen) atoms. The van der Waals surface area contributed by atoms with Crippen molar-refractivity contribution in [3.8, 4) is 5.75 Å². The van der Waals surface area contributed by atoms with E-state index in [0.717, 1.165) is 22.2 Å². The Balaban J connectivity index is 2.29. The highest BCUT2D eigenvalue weighted by Crippen LogP contribution is 2.26. The Morgan fingerprint density at radius 1 is 1.11 bits per heavy atom. The number of sulfonamides is 1. The molecule has 0 aliphatic rings. The van der Waals surface area contributed by atoms with Gasteiger partial charge in [0.25, 0.3) is 0 Å². The van der Waals surface area contributed by atoms with Crippen LogP contribution in [0.3, 0.4) is 0 Å². The third-order valence-corrected chi connectivity index (χ3v) is 5.37. The van der Waals surface area contributed by atoms with Gasteiger partial charge in [-0.15, -0.1) is 0 Å². The van der Waals surface area contributed by atoms with Gasteiger partial charge >= 0.3 is 0 Å². The number of methoxy groups -OCH3 is 1. The number of nitrogens with one attached hydrogen (secondary N) is 1. The number of nitrogens with zero attached hydrogens (tertiary/aromatic N) is 1. The van der Waals surface area contributed by atoms with Crippen molar-refractivity contribution in [2.45, 2.75) is 25.9 Å². The van der Waals surface area contributed by atoms with Crippen molar-refractivity contribution in [2.75, 3.05) is 17.7 Å². The summed E-state index contributed by atoms with van der Waals surface area (Å²) in [6.45, 7) is 3.17. The molecule has 1 amide bonds. The zero-order valence-corrected chi connectivity index (χ0v) is 16.5. The Hall–Kier alpha value is -2.61. The monoisotopic (exact) mass is 394 g/mol. The number of ether oxygens (including phenoxy) is 1. The Morgan fingerprint density at radius 3 is 2.30 bits per heavy atom. The molecule has 2 atom stereocenters. The lowest BCUT2D eigenvalue weighted by Gasteiger charge is -2.29. The van der Waals surface area contributed by atoms with E-state index in [2.05, 4.69) is 5.32 Å². The SMILES string of the molecule is COc1ccccc1C(C)NC(=O)C(C)N(c1ccccc1F)S(C)(=O)=O. The topological polar surface area (TPSA) is 75.7 Å². The number of carbonyl (C=O) groups excluding carboxylic acids is 1. The maximum atomic E-state index is 14.2. The molecule has 6 nitrogen and oxygen atoms in total. The van der Waals surface area contributed by atoms with Gasteiger partial charge in [-0.25, -0.2) is 12.8 Å². The lowest BCUT2D eigenvalue weighted by atomic mass is 10.1. The molecule has 0 saturated heterocycles. The minimum absolute atomic E-state index is 0.174. The van der Waals surface area contributed by atoms with Gasteiger partial charge in [-0.2, -0.15) is 0 Å². The van der Waals surface area contributed by atoms with Gasteiger partial charge in [0.2, 0.25) is 15.9 Å². The molecule has 2 unspecified atom stereocenters. The Kier molecular flexibility index (Phi) is 6.43. The smallest absolute Gasteiger partial charge is 0.244 e. The van der Waals surface area contributed by atoms with Gasteiger partial charge in [-0.05, 0) is 32.0 Å². The highest BCUT2D eigenvalue weighted by Gasteiger charge is 2.31. The number of carbonyl (C=O) groups is 1. The number of benzene rings is 2. The largest absolute Gasteiger partial charge is 0.496 e. The molecular weight excluding hydrogens is 371 g/mol. The molecule has 0 aromatic heterocycles. The molecular formula is C19H23FN2O4S. The Bertz CT molecular complexity index is 917. The fourth-order valence-electron chi connectivity index (χ4n) is 2.85. The van der Waals surface area contributed by atoms with Crippen molar-refractivity contribution in [3.63, 3.8) is 0 Å². The van der Waals surface area contributed by atoms with E-state index in [1.54, 1.807) is 19.1 Å². The second kappa shape index (κ2) is 8.39. The van der Waals surface area contributed by atoms with Gasteiger partial charge in [0.05, 0.1) is 25.1 Å². The minimum Gasteiger partial charge on any atom is -0.496 e. The average Bonchev–Trinajstić information content (AvgIpc) is 2.62. The van der Waals surface area contributed by atoms with E-state index < -0.39 is 33.8 Å². The highest BCUT2D eigenvalue weighted by atomic mass is 32.2. The highest BCUT2D eigenvalue weighted by molar-refractivity contribution is 7.92. The normalized spacial score (nSPS) is 13.5. The van der Waals surface area contributed by atoms with Gasteiger partial charge < -0.3 is 10.1 Å². The van der Waals surface area contributed by atoms with Crippen LogP contribution in [-0.2, 0) is 14.8 Å². The van der Waals surface area contributed by atoms with Crippen LogP contribution in [-0.4, -0.2) is 33.7 Å². The summed E-state index contributed by atoms with van der Waals surface area (Å²) in [5.74, 6) is -0.672. The Labute approximate surface area is 159 Å². The van der Waals surface area contributed by atoms with E-state index in [9.17, 15) is 17.6 Å². The molecule has 8 heteroatoms. The summed E-state index contributed by atoms with van der Waals surface area (Å²) in [6.07, 6.45) is 0.937. The predicted octanol–water partition coefficient (Wildman–Crippen LogP) is 2.87. The van der Waals surface area contributed by atoms with Crippen molar-refractivity contribution in [2.24, 2.45) is 0 Å². The molecule has 0 saturated carbocycles. The molecule has 0 radical (unpaired) electrons. The van der Waals surface area contributed by atoms with E-state index in [0.29, 0.717) is 5.75 Å². The second-order valence-corrected chi connectivity index (χ2v) is 8.02. The lowest BCUT2D eigenvalue weighted by molar-refractivity contribution is -0.122. The van der Waals surface area contributed by atoms with Crippen molar-refractivity contribution < 1.29 is 22.3 Å². The average molecular weight is 394 g/mol. The van der Waals surface area contributed by atoms with Crippen LogP contribution in [0.1, 0.15) is 25.5 Å². The van der Waals surface area contributed by atoms with Gasteiger partial charge in [0, 0.05) is 5.56 Å². The summed E-state index contributed by atoms with van der Waals surface area (Å²) in [5.41, 5.74) is 0.574. The van der Waals surface area contributed by atoms with Crippen molar-refractivity contribution >= 4 is 21.6 Å². The van der Waals surface area contributed by atoms with Crippen LogP contribution in [0.5, 0.6) is 5.75 Å². The molecule has 146 valence electrons. The predicted molar refractivity (Wildman–Crippen MR) is 103 cm³/mol. The molecule has 1 N–H and O–H groups in total. The first-order chi connectivity index (χ1) is 12.7. The summed E-state index contributed by atoms with van der Waals surface area (Å²) >= 11 is 0. The number of anilines is 1. The number of hydrogen-bond donors (Lipinski definition) is 1. The van der Waals surface area contributed by atoms with Gasteiger partial charge in [0.1, 0.15) is 17.6 Å². The summed E-state index contributed by atoms with van der Waals surface area (Å²) in [7, 11) is -2.36. The molecule has 0 aliphatic carbocycles. The van der Waals surface area contributed by atoms with Gasteiger partial charge in [-0.3, -0.25) is 9.10 Å². The third-order valence-electron chi connectivity index (χ3n) is 4.14. The summed E-state index contributed by atoms with van der Waals surface area (Å²) in [6, 6.07) is 11.1. The van der Waals surface area contributed by atoms with Crippen molar-refractivity contribution in [1.29, 1.82) is 0 Å². The molecule has 0 heterocycles. The van der Waals surface area contributed by atoms with E-state index in [-0.39, 0.29) is 5.69 Å². The first-order valence-corrected chi connectivity index (χ1v) is 10.2. The number of rotatable bonds is 7. The van der Waals surface area contributed by atoms with Crippen LogP contribution >= 0.6 is 0 Å². The third kappa shape index (κ3) is 4.77. The number of para-hydroxylation sites is 2. The molecule has 0 aliphatic heterocycles. The van der Waals surface area contributed by atoms with Crippen LogP contribution in [0.4, 0.5) is 10.1 Å². The minimum atomic E-state index is -3.89. The van der Waals surface area contributed by atoms with Gasteiger partial charge in [-0.1, -0.05) is 30.3 Å². The number of halogens is 1. The van der Waals surface area contributed by atoms with E-state index in [1.165, 1.54) is 32.2 Å².